The zero-order valence-corrected chi connectivity index (χ0v) is 11.6. The van der Waals surface area contributed by atoms with E-state index in [0.717, 1.165) is 6.42 Å². The number of nitrogens with two attached hydrogens (primary N) is 1. The Morgan fingerprint density at radius 1 is 0.950 bits per heavy atom. The topological polar surface area (TPSA) is 66.6 Å². The number of amides is 2. The number of hydrogen-bond donors (Lipinski definition) is 1. The SMILES string of the molecule is NCC(=O)N1CCN(C(=O)CCc2ccccc2)CC1. The molecule has 0 bridgehead atoms. The van der Waals surface area contributed by atoms with Crippen LogP contribution in [-0.4, -0.2) is 54.3 Å². The number of nitrogens with zero attached hydrogens (tertiary/aromatic N) is 2. The number of piperazine rings is 1. The van der Waals surface area contributed by atoms with E-state index in [1.165, 1.54) is 5.56 Å². The van der Waals surface area contributed by atoms with Gasteiger partial charge in [-0.15, -0.1) is 0 Å². The largest absolute Gasteiger partial charge is 0.339 e. The molecule has 0 atom stereocenters. The Morgan fingerprint density at radius 3 is 2.05 bits per heavy atom. The molecule has 0 saturated carbocycles. The Labute approximate surface area is 119 Å². The van der Waals surface area contributed by atoms with Gasteiger partial charge >= 0.3 is 0 Å². The van der Waals surface area contributed by atoms with Crippen molar-refractivity contribution in [2.24, 2.45) is 5.73 Å². The molecule has 2 amide bonds. The zero-order valence-electron chi connectivity index (χ0n) is 11.6. The fourth-order valence-electron chi connectivity index (χ4n) is 2.39. The van der Waals surface area contributed by atoms with Gasteiger partial charge in [-0.3, -0.25) is 9.59 Å². The third-order valence-corrected chi connectivity index (χ3v) is 3.63. The van der Waals surface area contributed by atoms with Crippen molar-refractivity contribution in [2.45, 2.75) is 12.8 Å². The minimum absolute atomic E-state index is 0.0404. The molecule has 2 rings (SSSR count). The highest BCUT2D eigenvalue weighted by molar-refractivity contribution is 5.79. The van der Waals surface area contributed by atoms with Crippen molar-refractivity contribution in [1.82, 2.24) is 9.80 Å². The van der Waals surface area contributed by atoms with Crippen LogP contribution in [-0.2, 0) is 16.0 Å². The van der Waals surface area contributed by atoms with E-state index in [9.17, 15) is 9.59 Å². The molecule has 2 N–H and O–H groups in total. The van der Waals surface area contributed by atoms with E-state index in [-0.39, 0.29) is 18.4 Å². The monoisotopic (exact) mass is 275 g/mol. The number of carbonyl (C=O) groups is 2. The van der Waals surface area contributed by atoms with Gasteiger partial charge in [-0.2, -0.15) is 0 Å². The van der Waals surface area contributed by atoms with E-state index in [4.69, 9.17) is 5.73 Å². The highest BCUT2D eigenvalue weighted by Crippen LogP contribution is 2.08. The van der Waals surface area contributed by atoms with Crippen LogP contribution in [0.3, 0.4) is 0 Å². The summed E-state index contributed by atoms with van der Waals surface area (Å²) in [6.07, 6.45) is 1.29. The highest BCUT2D eigenvalue weighted by atomic mass is 16.2. The molecular formula is C15H21N3O2. The molecule has 1 aromatic carbocycles. The maximum Gasteiger partial charge on any atom is 0.236 e. The van der Waals surface area contributed by atoms with E-state index in [1.54, 1.807) is 4.90 Å². The first-order chi connectivity index (χ1) is 9.70. The van der Waals surface area contributed by atoms with Crippen LogP contribution < -0.4 is 5.73 Å². The minimum atomic E-state index is -0.0404. The fraction of sp³-hybridized carbons (Fsp3) is 0.467. The summed E-state index contributed by atoms with van der Waals surface area (Å²) in [6.45, 7) is 2.45. The molecule has 0 unspecified atom stereocenters. The molecule has 1 aromatic rings. The Kier molecular flexibility index (Phi) is 5.12. The molecule has 1 saturated heterocycles. The molecule has 5 nitrogen and oxygen atoms in total. The Hall–Kier alpha value is -1.88. The zero-order chi connectivity index (χ0) is 14.4. The third-order valence-electron chi connectivity index (χ3n) is 3.63. The second-order valence-electron chi connectivity index (χ2n) is 4.95. The summed E-state index contributed by atoms with van der Waals surface area (Å²) < 4.78 is 0. The van der Waals surface area contributed by atoms with Crippen molar-refractivity contribution in [1.29, 1.82) is 0 Å². The van der Waals surface area contributed by atoms with Crippen molar-refractivity contribution in [3.05, 3.63) is 35.9 Å². The van der Waals surface area contributed by atoms with Crippen molar-refractivity contribution in [3.63, 3.8) is 0 Å². The average molecular weight is 275 g/mol. The van der Waals surface area contributed by atoms with Crippen LogP contribution in [0.4, 0.5) is 0 Å². The van der Waals surface area contributed by atoms with E-state index in [1.807, 2.05) is 35.2 Å². The summed E-state index contributed by atoms with van der Waals surface area (Å²) in [5.74, 6) is 0.120. The molecule has 20 heavy (non-hydrogen) atoms. The van der Waals surface area contributed by atoms with Crippen LogP contribution in [0.2, 0.25) is 0 Å². The van der Waals surface area contributed by atoms with E-state index >= 15 is 0 Å². The molecule has 5 heteroatoms. The molecule has 0 spiro atoms. The molecule has 0 radical (unpaired) electrons. The summed E-state index contributed by atoms with van der Waals surface area (Å²) >= 11 is 0. The molecular weight excluding hydrogens is 254 g/mol. The van der Waals surface area contributed by atoms with Gasteiger partial charge in [-0.1, -0.05) is 30.3 Å². The van der Waals surface area contributed by atoms with Crippen molar-refractivity contribution in [3.8, 4) is 0 Å². The van der Waals surface area contributed by atoms with Crippen LogP contribution in [0.1, 0.15) is 12.0 Å². The molecule has 0 aromatic heterocycles. The first kappa shape index (κ1) is 14.5. The normalized spacial score (nSPS) is 15.2. The first-order valence-corrected chi connectivity index (χ1v) is 7.00. The quantitative estimate of drug-likeness (QED) is 0.856. The predicted molar refractivity (Wildman–Crippen MR) is 77.0 cm³/mol. The van der Waals surface area contributed by atoms with Crippen LogP contribution >= 0.6 is 0 Å². The lowest BCUT2D eigenvalue weighted by atomic mass is 10.1. The van der Waals surface area contributed by atoms with Crippen LogP contribution in [0.5, 0.6) is 0 Å². The lowest BCUT2D eigenvalue weighted by molar-refractivity contribution is -0.138. The van der Waals surface area contributed by atoms with E-state index in [0.29, 0.717) is 32.6 Å². The van der Waals surface area contributed by atoms with Gasteiger partial charge in [-0.25, -0.2) is 0 Å². The Balaban J connectivity index is 1.76. The van der Waals surface area contributed by atoms with Gasteiger partial charge in [0.15, 0.2) is 0 Å². The lowest BCUT2D eigenvalue weighted by Gasteiger charge is -2.34. The highest BCUT2D eigenvalue weighted by Gasteiger charge is 2.22. The van der Waals surface area contributed by atoms with Crippen LogP contribution in [0, 0.1) is 0 Å². The maximum absolute atomic E-state index is 12.1. The maximum atomic E-state index is 12.1. The number of rotatable bonds is 4. The molecule has 0 aliphatic carbocycles. The third kappa shape index (κ3) is 3.81. The molecule has 1 heterocycles. The van der Waals surface area contributed by atoms with Gasteiger partial charge in [0.2, 0.25) is 11.8 Å². The van der Waals surface area contributed by atoms with Crippen molar-refractivity contribution < 1.29 is 9.59 Å². The molecule has 1 aliphatic rings. The van der Waals surface area contributed by atoms with Gasteiger partial charge in [0.25, 0.3) is 0 Å². The summed E-state index contributed by atoms with van der Waals surface area (Å²) in [6, 6.07) is 10.0. The number of benzene rings is 1. The summed E-state index contributed by atoms with van der Waals surface area (Å²) in [7, 11) is 0. The predicted octanol–water partition coefficient (Wildman–Crippen LogP) is 0.249. The second-order valence-corrected chi connectivity index (χ2v) is 4.95. The summed E-state index contributed by atoms with van der Waals surface area (Å²) in [4.78, 5) is 27.1. The average Bonchev–Trinajstić information content (AvgIpc) is 2.53. The standard InChI is InChI=1S/C15H21N3O2/c16-12-15(20)18-10-8-17(9-11-18)14(19)7-6-13-4-2-1-3-5-13/h1-5H,6-12,16H2. The first-order valence-electron chi connectivity index (χ1n) is 7.00. The minimum Gasteiger partial charge on any atom is -0.339 e. The molecule has 1 aliphatic heterocycles. The lowest BCUT2D eigenvalue weighted by Crippen LogP contribution is -2.51. The van der Waals surface area contributed by atoms with E-state index < -0.39 is 0 Å². The fourth-order valence-corrected chi connectivity index (χ4v) is 2.39. The number of hydrogen-bond acceptors (Lipinski definition) is 3. The van der Waals surface area contributed by atoms with Gasteiger partial charge in [0.05, 0.1) is 6.54 Å². The van der Waals surface area contributed by atoms with Gasteiger partial charge < -0.3 is 15.5 Å². The molecule has 1 fully saturated rings. The van der Waals surface area contributed by atoms with Crippen LogP contribution in [0.25, 0.3) is 0 Å². The Bertz CT molecular complexity index is 453. The van der Waals surface area contributed by atoms with Crippen molar-refractivity contribution >= 4 is 11.8 Å². The van der Waals surface area contributed by atoms with Gasteiger partial charge in [0.1, 0.15) is 0 Å². The summed E-state index contributed by atoms with van der Waals surface area (Å²) in [5, 5.41) is 0. The van der Waals surface area contributed by atoms with Gasteiger partial charge in [-0.05, 0) is 12.0 Å². The van der Waals surface area contributed by atoms with Crippen LogP contribution in [0.15, 0.2) is 30.3 Å². The smallest absolute Gasteiger partial charge is 0.236 e. The van der Waals surface area contributed by atoms with E-state index in [2.05, 4.69) is 0 Å². The summed E-state index contributed by atoms with van der Waals surface area (Å²) in [5.41, 5.74) is 6.52. The van der Waals surface area contributed by atoms with Crippen molar-refractivity contribution in [2.75, 3.05) is 32.7 Å². The molecule has 108 valence electrons. The second kappa shape index (κ2) is 7.05. The Morgan fingerprint density at radius 2 is 1.50 bits per heavy atom. The van der Waals surface area contributed by atoms with Gasteiger partial charge in [0, 0.05) is 32.6 Å². The number of aryl methyl sites for hydroxylation is 1. The number of carbonyl (C=O) groups excluding carboxylic acids is 2.